The molecule has 3 unspecified atom stereocenters. The first-order valence-corrected chi connectivity index (χ1v) is 23.2. The van der Waals surface area contributed by atoms with Crippen molar-refractivity contribution in [3.05, 3.63) is 88.0 Å². The zero-order valence-electron chi connectivity index (χ0n) is 35.8. The number of nitrogens with one attached hydrogen (secondary N) is 2. The smallest absolute Gasteiger partial charge is 0.397 e. The molecular weight excluding hydrogens is 804 g/mol. The van der Waals surface area contributed by atoms with Crippen LogP contribution in [0.5, 0.6) is 5.75 Å². The molecule has 1 heterocycles. The number of methoxy groups -OCH3 is 1. The van der Waals surface area contributed by atoms with E-state index in [1.807, 2.05) is 30.3 Å². The van der Waals surface area contributed by atoms with Crippen LogP contribution < -0.4 is 10.3 Å². The van der Waals surface area contributed by atoms with Crippen LogP contribution in [0, 0.1) is 22.6 Å². The number of aromatic amines is 1. The van der Waals surface area contributed by atoms with Gasteiger partial charge in [-0.05, 0) is 67.3 Å². The highest BCUT2D eigenvalue weighted by Gasteiger charge is 2.23. The van der Waals surface area contributed by atoms with E-state index in [4.69, 9.17) is 50.5 Å². The zero-order valence-corrected chi connectivity index (χ0v) is 37.5. The SMILES string of the molecule is CCCCCCCCCCCCCCCCCCOCC(COP(OCC(CCc1ccc(C(N)=NC=N)[nH]1)OC)Oc1ccccc1Cl)OCc1cc(F)cc(C#N)c1. The molecule has 0 spiro atoms. The van der Waals surface area contributed by atoms with E-state index in [2.05, 4.69) is 16.9 Å². The number of aromatic nitrogens is 1. The molecule has 1 aromatic heterocycles. The number of unbranched alkanes of at least 4 members (excludes halogenated alkanes) is 15. The van der Waals surface area contributed by atoms with Gasteiger partial charge in [-0.15, -0.1) is 0 Å². The van der Waals surface area contributed by atoms with Crippen molar-refractivity contribution < 1.29 is 32.2 Å². The highest BCUT2D eigenvalue weighted by molar-refractivity contribution is 7.42. The Balaban J connectivity index is 1.49. The number of H-pyrrole nitrogens is 1. The second-order valence-electron chi connectivity index (χ2n) is 15.0. The third-order valence-corrected chi connectivity index (χ3v) is 11.4. The second-order valence-corrected chi connectivity index (χ2v) is 16.6. The van der Waals surface area contributed by atoms with Crippen LogP contribution >= 0.6 is 20.2 Å². The Labute approximate surface area is 364 Å². The minimum absolute atomic E-state index is 0.0527. The molecule has 11 nitrogen and oxygen atoms in total. The number of para-hydroxylation sites is 1. The fourth-order valence-electron chi connectivity index (χ4n) is 6.56. The average molecular weight is 873 g/mol. The van der Waals surface area contributed by atoms with Crippen LogP contribution in [0.1, 0.15) is 139 Å². The Bertz CT molecular complexity index is 1680. The first-order valence-electron chi connectivity index (χ1n) is 21.8. The van der Waals surface area contributed by atoms with Crippen molar-refractivity contribution >= 4 is 32.4 Å². The lowest BCUT2D eigenvalue weighted by molar-refractivity contribution is -0.0485. The van der Waals surface area contributed by atoms with Gasteiger partial charge in [-0.2, -0.15) is 5.26 Å². The van der Waals surface area contributed by atoms with Crippen LogP contribution in [0.3, 0.4) is 0 Å². The summed E-state index contributed by atoms with van der Waals surface area (Å²) in [7, 11) is -0.364. The predicted molar refractivity (Wildman–Crippen MR) is 240 cm³/mol. The topological polar surface area (TPSA) is 157 Å². The van der Waals surface area contributed by atoms with Gasteiger partial charge in [-0.1, -0.05) is 127 Å². The number of ether oxygens (including phenoxy) is 3. The molecule has 0 aliphatic heterocycles. The Kier molecular flexibility index (Phi) is 27.5. The third-order valence-electron chi connectivity index (χ3n) is 10.1. The van der Waals surface area contributed by atoms with Gasteiger partial charge in [0.1, 0.15) is 29.8 Å². The summed E-state index contributed by atoms with van der Waals surface area (Å²) in [6.07, 6.45) is 22.1. The van der Waals surface area contributed by atoms with Crippen LogP contribution in [-0.4, -0.2) is 62.9 Å². The van der Waals surface area contributed by atoms with Crippen LogP contribution in [0.4, 0.5) is 4.39 Å². The lowest BCUT2D eigenvalue weighted by atomic mass is 10.0. The van der Waals surface area contributed by atoms with Crippen molar-refractivity contribution in [2.75, 3.05) is 33.5 Å². The van der Waals surface area contributed by atoms with Crippen LogP contribution in [-0.2, 0) is 36.3 Å². The molecule has 0 saturated heterocycles. The number of nitrogens with zero attached hydrogens (tertiary/aromatic N) is 2. The van der Waals surface area contributed by atoms with Crippen molar-refractivity contribution in [3.63, 3.8) is 0 Å². The minimum atomic E-state index is -1.98. The maximum atomic E-state index is 14.2. The molecular formula is C46H68ClFN5O6P. The number of nitriles is 1. The summed E-state index contributed by atoms with van der Waals surface area (Å²) in [5.74, 6) is 0.136. The van der Waals surface area contributed by atoms with E-state index >= 15 is 0 Å². The fourth-order valence-corrected chi connectivity index (χ4v) is 7.86. The molecule has 60 heavy (non-hydrogen) atoms. The van der Waals surface area contributed by atoms with Crippen molar-refractivity contribution in [3.8, 4) is 11.8 Å². The number of hydrogen-bond acceptors (Lipinski definition) is 8. The summed E-state index contributed by atoms with van der Waals surface area (Å²) in [5.41, 5.74) is 8.22. The van der Waals surface area contributed by atoms with Crippen molar-refractivity contribution in [2.24, 2.45) is 10.7 Å². The number of benzene rings is 2. The molecule has 332 valence electrons. The largest absolute Gasteiger partial charge is 0.425 e. The normalized spacial score (nSPS) is 13.2. The maximum Gasteiger partial charge on any atom is 0.397 e. The molecule has 3 rings (SSSR count). The molecule has 4 N–H and O–H groups in total. The van der Waals surface area contributed by atoms with Gasteiger partial charge >= 0.3 is 8.60 Å². The standard InChI is InChI=1S/C46H68ClFN5O6P/c1-3-4-5-6-7-8-9-10-11-12-13-14-15-16-17-20-27-55-33-42(56-32-38-28-37(31-49)29-39(48)30-38)35-58-60(59-45-22-19-18-21-43(45)47)57-34-41(54-2)25-23-40-24-26-44(53-40)46(51)52-36-50/h18-19,21-22,24,26,28-30,36,41-42,53H,3-17,20,23,25,27,32-35H2,1-2H3,(H3,50,51,52). The van der Waals surface area contributed by atoms with Crippen LogP contribution in [0.15, 0.2) is 59.6 Å². The highest BCUT2D eigenvalue weighted by atomic mass is 35.5. The number of aliphatic imine (C=N–C) groups is 1. The lowest BCUT2D eigenvalue weighted by Gasteiger charge is -2.24. The summed E-state index contributed by atoms with van der Waals surface area (Å²) in [5, 5.41) is 16.9. The molecule has 0 aliphatic carbocycles. The third kappa shape index (κ3) is 22.4. The van der Waals surface area contributed by atoms with Crippen LogP contribution in [0.25, 0.3) is 0 Å². The van der Waals surface area contributed by atoms with Gasteiger partial charge in [-0.3, -0.25) is 14.5 Å². The van der Waals surface area contributed by atoms with Crippen molar-refractivity contribution in [1.82, 2.24) is 4.98 Å². The van der Waals surface area contributed by atoms with E-state index in [1.54, 1.807) is 25.3 Å². The predicted octanol–water partition coefficient (Wildman–Crippen LogP) is 12.1. The zero-order chi connectivity index (χ0) is 43.0. The molecule has 3 aromatic rings. The van der Waals surface area contributed by atoms with E-state index in [-0.39, 0.29) is 43.9 Å². The Hall–Kier alpha value is -3.40. The number of halogens is 2. The van der Waals surface area contributed by atoms with Crippen molar-refractivity contribution in [2.45, 2.75) is 141 Å². The van der Waals surface area contributed by atoms with Crippen LogP contribution in [0.2, 0.25) is 5.02 Å². The molecule has 0 radical (unpaired) electrons. The van der Waals surface area contributed by atoms with E-state index in [1.165, 1.54) is 102 Å². The molecule has 14 heteroatoms. The monoisotopic (exact) mass is 871 g/mol. The van der Waals surface area contributed by atoms with Gasteiger partial charge in [0, 0.05) is 19.4 Å². The molecule has 2 aromatic carbocycles. The van der Waals surface area contributed by atoms with E-state index < -0.39 is 20.5 Å². The molecule has 0 aliphatic rings. The molecule has 0 bridgehead atoms. The van der Waals surface area contributed by atoms with Gasteiger partial charge < -0.3 is 29.5 Å². The quantitative estimate of drug-likeness (QED) is 0.0225. The minimum Gasteiger partial charge on any atom is -0.425 e. The first-order chi connectivity index (χ1) is 29.3. The number of hydrogen-bond donors (Lipinski definition) is 3. The summed E-state index contributed by atoms with van der Waals surface area (Å²) in [4.78, 5) is 7.03. The average Bonchev–Trinajstić information content (AvgIpc) is 3.73. The Morgan fingerprint density at radius 1 is 0.883 bits per heavy atom. The van der Waals surface area contributed by atoms with Gasteiger partial charge in [0.2, 0.25) is 0 Å². The fraction of sp³-hybridized carbons (Fsp3) is 0.587. The summed E-state index contributed by atoms with van der Waals surface area (Å²) in [6.45, 7) is 3.36. The van der Waals surface area contributed by atoms with Gasteiger partial charge in [0.15, 0.2) is 0 Å². The van der Waals surface area contributed by atoms with E-state index in [0.717, 1.165) is 24.9 Å². The summed E-state index contributed by atoms with van der Waals surface area (Å²) < 4.78 is 50.8. The molecule has 3 atom stereocenters. The highest BCUT2D eigenvalue weighted by Crippen LogP contribution is 2.43. The van der Waals surface area contributed by atoms with Gasteiger partial charge in [0.05, 0.1) is 54.9 Å². The first kappa shape index (κ1) is 51.0. The number of rotatable bonds is 36. The molecule has 0 fully saturated rings. The summed E-state index contributed by atoms with van der Waals surface area (Å²) in [6, 6.07) is 16.9. The lowest BCUT2D eigenvalue weighted by Crippen LogP contribution is -2.26. The number of aryl methyl sites for hydroxylation is 1. The maximum absolute atomic E-state index is 14.2. The Morgan fingerprint density at radius 2 is 1.52 bits per heavy atom. The van der Waals surface area contributed by atoms with Gasteiger partial charge in [0.25, 0.3) is 0 Å². The molecule has 0 amide bonds. The Morgan fingerprint density at radius 3 is 2.13 bits per heavy atom. The van der Waals surface area contributed by atoms with Gasteiger partial charge in [-0.25, -0.2) is 9.38 Å². The van der Waals surface area contributed by atoms with E-state index in [0.29, 0.717) is 41.5 Å². The van der Waals surface area contributed by atoms with Crippen molar-refractivity contribution in [1.29, 1.82) is 10.7 Å². The second kappa shape index (κ2) is 32.3. The molecule has 0 saturated carbocycles. The summed E-state index contributed by atoms with van der Waals surface area (Å²) >= 11 is 6.44. The van der Waals surface area contributed by atoms with E-state index in [9.17, 15) is 9.65 Å². The number of amidine groups is 1. The number of nitrogens with two attached hydrogens (primary N) is 1.